The third-order valence-electron chi connectivity index (χ3n) is 2.92. The van der Waals surface area contributed by atoms with E-state index < -0.39 is 15.7 Å². The lowest BCUT2D eigenvalue weighted by Crippen LogP contribution is -2.01. The number of hydrogen-bond donors (Lipinski definition) is 0. The van der Waals surface area contributed by atoms with Gasteiger partial charge in [-0.15, -0.1) is 0 Å². The Balaban J connectivity index is 2.21. The Morgan fingerprint density at radius 1 is 1.05 bits per heavy atom. The Kier molecular flexibility index (Phi) is 3.14. The van der Waals surface area contributed by atoms with Crippen LogP contribution >= 0.6 is 15.9 Å². The summed E-state index contributed by atoms with van der Waals surface area (Å²) in [5, 5.41) is 0.498. The molecule has 0 unspecified atom stereocenters. The first-order valence-electron chi connectivity index (χ1n) is 5.66. The van der Waals surface area contributed by atoms with Crippen LogP contribution in [-0.4, -0.2) is 8.42 Å². The lowest BCUT2D eigenvalue weighted by Gasteiger charge is -2.02. The van der Waals surface area contributed by atoms with Crippen molar-refractivity contribution in [3.8, 4) is 0 Å². The van der Waals surface area contributed by atoms with E-state index in [0.717, 1.165) is 16.6 Å². The van der Waals surface area contributed by atoms with E-state index in [-0.39, 0.29) is 9.79 Å². The topological polar surface area (TPSA) is 47.3 Å². The molecule has 0 saturated heterocycles. The van der Waals surface area contributed by atoms with Gasteiger partial charge in [0.25, 0.3) is 0 Å². The van der Waals surface area contributed by atoms with Gasteiger partial charge >= 0.3 is 0 Å². The molecule has 0 aliphatic heterocycles. The molecule has 0 N–H and O–H groups in total. The minimum absolute atomic E-state index is 0.0320. The molecule has 0 saturated carbocycles. The third-order valence-corrected chi connectivity index (χ3v) is 5.20. The zero-order chi connectivity index (χ0) is 14.3. The van der Waals surface area contributed by atoms with Gasteiger partial charge in [-0.2, -0.15) is 0 Å². The number of rotatable bonds is 2. The number of benzene rings is 2. The van der Waals surface area contributed by atoms with E-state index in [2.05, 4.69) is 15.9 Å². The minimum Gasteiger partial charge on any atom is -0.463 e. The molecule has 2 aromatic carbocycles. The van der Waals surface area contributed by atoms with Crippen molar-refractivity contribution in [2.45, 2.75) is 9.79 Å². The van der Waals surface area contributed by atoms with Crippen molar-refractivity contribution >= 4 is 36.7 Å². The van der Waals surface area contributed by atoms with Crippen molar-refractivity contribution in [3.63, 3.8) is 0 Å². The van der Waals surface area contributed by atoms with Crippen LogP contribution in [0.3, 0.4) is 0 Å². The fourth-order valence-electron chi connectivity index (χ4n) is 1.93. The highest BCUT2D eigenvalue weighted by atomic mass is 79.9. The SMILES string of the molecule is O=S(=O)(c1ccc(F)cc1)c1coc2cc(Br)ccc12. The normalized spacial score (nSPS) is 11.9. The molecule has 0 radical (unpaired) electrons. The molecule has 1 aromatic heterocycles. The van der Waals surface area contributed by atoms with Crippen LogP contribution in [0.25, 0.3) is 11.0 Å². The molecule has 0 bridgehead atoms. The summed E-state index contributed by atoms with van der Waals surface area (Å²) in [6, 6.07) is 9.81. The first-order chi connectivity index (χ1) is 9.48. The fraction of sp³-hybridized carbons (Fsp3) is 0. The smallest absolute Gasteiger partial charge is 0.210 e. The van der Waals surface area contributed by atoms with Crippen LogP contribution in [0, 0.1) is 5.82 Å². The Bertz CT molecular complexity index is 882. The van der Waals surface area contributed by atoms with E-state index in [1.165, 1.54) is 18.4 Å². The fourth-order valence-corrected chi connectivity index (χ4v) is 3.65. The second-order valence-corrected chi connectivity index (χ2v) is 7.03. The zero-order valence-electron chi connectivity index (χ0n) is 10.0. The van der Waals surface area contributed by atoms with Gasteiger partial charge in [0.1, 0.15) is 22.6 Å². The average molecular weight is 355 g/mol. The van der Waals surface area contributed by atoms with Gasteiger partial charge in [-0.25, -0.2) is 12.8 Å². The molecule has 3 nitrogen and oxygen atoms in total. The molecule has 3 rings (SSSR count). The summed E-state index contributed by atoms with van der Waals surface area (Å²) < 4.78 is 44.0. The molecule has 0 amide bonds. The van der Waals surface area contributed by atoms with E-state index in [0.29, 0.717) is 11.0 Å². The van der Waals surface area contributed by atoms with Crippen molar-refractivity contribution in [2.24, 2.45) is 0 Å². The number of furan rings is 1. The molecular formula is C14H8BrFO3S. The molecule has 0 aliphatic rings. The number of fused-ring (bicyclic) bond motifs is 1. The summed E-state index contributed by atoms with van der Waals surface area (Å²) in [5.74, 6) is -0.482. The highest BCUT2D eigenvalue weighted by molar-refractivity contribution is 9.10. The Morgan fingerprint density at radius 3 is 2.45 bits per heavy atom. The minimum atomic E-state index is -3.73. The number of halogens is 2. The number of sulfone groups is 1. The van der Waals surface area contributed by atoms with Gasteiger partial charge in [0.15, 0.2) is 0 Å². The van der Waals surface area contributed by atoms with E-state index in [4.69, 9.17) is 4.42 Å². The average Bonchev–Trinajstić information content (AvgIpc) is 2.82. The van der Waals surface area contributed by atoms with Crippen LogP contribution in [0.5, 0.6) is 0 Å². The van der Waals surface area contributed by atoms with Crippen molar-refractivity contribution in [3.05, 3.63) is 59.0 Å². The van der Waals surface area contributed by atoms with Crippen LogP contribution in [0.2, 0.25) is 0 Å². The molecule has 0 fully saturated rings. The Labute approximate surface area is 123 Å². The second-order valence-electron chi connectivity index (χ2n) is 4.20. The molecular weight excluding hydrogens is 347 g/mol. The summed E-state index contributed by atoms with van der Waals surface area (Å²) in [6.45, 7) is 0. The molecule has 6 heteroatoms. The predicted octanol–water partition coefficient (Wildman–Crippen LogP) is 4.17. The van der Waals surface area contributed by atoms with Gasteiger partial charge in [-0.1, -0.05) is 15.9 Å². The van der Waals surface area contributed by atoms with E-state index >= 15 is 0 Å². The lowest BCUT2D eigenvalue weighted by atomic mass is 10.3. The molecule has 102 valence electrons. The summed E-state index contributed by atoms with van der Waals surface area (Å²) in [5.41, 5.74) is 0.472. The Morgan fingerprint density at radius 2 is 1.75 bits per heavy atom. The van der Waals surface area contributed by atoms with Crippen LogP contribution in [0.15, 0.2) is 67.4 Å². The molecule has 0 spiro atoms. The summed E-state index contributed by atoms with van der Waals surface area (Å²) in [6.07, 6.45) is 1.20. The molecule has 0 aliphatic carbocycles. The zero-order valence-corrected chi connectivity index (χ0v) is 12.4. The van der Waals surface area contributed by atoms with Crippen molar-refractivity contribution in [1.82, 2.24) is 0 Å². The summed E-state index contributed by atoms with van der Waals surface area (Å²) >= 11 is 3.29. The van der Waals surface area contributed by atoms with Crippen LogP contribution in [0.1, 0.15) is 0 Å². The van der Waals surface area contributed by atoms with Crippen molar-refractivity contribution in [2.75, 3.05) is 0 Å². The molecule has 3 aromatic rings. The summed E-state index contributed by atoms with van der Waals surface area (Å²) in [4.78, 5) is 0.108. The largest absolute Gasteiger partial charge is 0.463 e. The second kappa shape index (κ2) is 4.71. The highest BCUT2D eigenvalue weighted by Crippen LogP contribution is 2.31. The maximum absolute atomic E-state index is 12.9. The first kappa shape index (κ1) is 13.3. The van der Waals surface area contributed by atoms with E-state index in [9.17, 15) is 12.8 Å². The highest BCUT2D eigenvalue weighted by Gasteiger charge is 2.22. The molecule has 20 heavy (non-hydrogen) atoms. The van der Waals surface area contributed by atoms with Crippen LogP contribution in [-0.2, 0) is 9.84 Å². The van der Waals surface area contributed by atoms with E-state index in [1.54, 1.807) is 18.2 Å². The van der Waals surface area contributed by atoms with Crippen molar-refractivity contribution in [1.29, 1.82) is 0 Å². The van der Waals surface area contributed by atoms with Gasteiger partial charge in [-0.05, 0) is 42.5 Å². The van der Waals surface area contributed by atoms with Crippen LogP contribution in [0.4, 0.5) is 4.39 Å². The van der Waals surface area contributed by atoms with E-state index in [1.807, 2.05) is 0 Å². The van der Waals surface area contributed by atoms with Gasteiger partial charge in [-0.3, -0.25) is 0 Å². The number of hydrogen-bond acceptors (Lipinski definition) is 3. The quantitative estimate of drug-likeness (QED) is 0.649. The van der Waals surface area contributed by atoms with Crippen molar-refractivity contribution < 1.29 is 17.2 Å². The van der Waals surface area contributed by atoms with Gasteiger partial charge in [0.05, 0.1) is 4.90 Å². The lowest BCUT2D eigenvalue weighted by molar-refractivity contribution is 0.583. The summed E-state index contributed by atoms with van der Waals surface area (Å²) in [7, 11) is -3.73. The standard InChI is InChI=1S/C14H8BrFO3S/c15-9-1-6-12-13(7-9)19-8-14(12)20(17,18)11-4-2-10(16)3-5-11/h1-8H. The first-order valence-corrected chi connectivity index (χ1v) is 7.93. The van der Waals surface area contributed by atoms with Gasteiger partial charge < -0.3 is 4.42 Å². The monoisotopic (exact) mass is 354 g/mol. The molecule has 1 heterocycles. The Hall–Kier alpha value is -1.66. The predicted molar refractivity (Wildman–Crippen MR) is 75.8 cm³/mol. The van der Waals surface area contributed by atoms with Crippen LogP contribution < -0.4 is 0 Å². The molecule has 0 atom stereocenters. The third kappa shape index (κ3) is 2.14. The maximum atomic E-state index is 12.9. The van der Waals surface area contributed by atoms with Gasteiger partial charge in [0, 0.05) is 9.86 Å². The van der Waals surface area contributed by atoms with Gasteiger partial charge in [0.2, 0.25) is 9.84 Å². The maximum Gasteiger partial charge on any atom is 0.210 e.